The van der Waals surface area contributed by atoms with Crippen molar-refractivity contribution in [2.45, 2.75) is 45.3 Å². The maximum atomic E-state index is 12.4. The van der Waals surface area contributed by atoms with Crippen LogP contribution in [0.15, 0.2) is 24.3 Å². The van der Waals surface area contributed by atoms with E-state index in [4.69, 9.17) is 9.47 Å². The molecular formula is C17H23NO3. The van der Waals surface area contributed by atoms with Crippen LogP contribution in [0.1, 0.15) is 33.1 Å². The van der Waals surface area contributed by atoms with Gasteiger partial charge in [0.05, 0.1) is 0 Å². The zero-order chi connectivity index (χ0) is 14.8. The molecular weight excluding hydrogens is 266 g/mol. The molecule has 21 heavy (non-hydrogen) atoms. The Morgan fingerprint density at radius 1 is 1.19 bits per heavy atom. The summed E-state index contributed by atoms with van der Waals surface area (Å²) in [4.78, 5) is 12.4. The van der Waals surface area contributed by atoms with Gasteiger partial charge in [-0.2, -0.15) is 0 Å². The van der Waals surface area contributed by atoms with E-state index in [0.717, 1.165) is 6.42 Å². The van der Waals surface area contributed by atoms with Gasteiger partial charge in [-0.15, -0.1) is 0 Å². The van der Waals surface area contributed by atoms with Crippen molar-refractivity contribution in [2.24, 2.45) is 11.8 Å². The molecule has 2 aliphatic rings. The molecule has 1 aromatic rings. The molecule has 4 atom stereocenters. The lowest BCUT2D eigenvalue weighted by molar-refractivity contribution is -0.131. The summed E-state index contributed by atoms with van der Waals surface area (Å²) in [5, 5.41) is 3.16. The largest absolute Gasteiger partial charge is 0.485 e. The standard InChI is InChI=1S/C17H23NO3/c1-11-6-5-7-13(12(11)2)18-17(19)16-10-20-14-8-3-4-9-15(14)21-16/h3-4,8-9,11-13,16H,5-7,10H2,1-2H3,(H,18,19)/t11-,12+,13-,16-/m0/s1. The number of nitrogens with one attached hydrogen (secondary N) is 1. The molecule has 1 aliphatic heterocycles. The number of ether oxygens (including phenoxy) is 2. The minimum atomic E-state index is -0.552. The zero-order valence-electron chi connectivity index (χ0n) is 12.7. The number of benzene rings is 1. The number of fused-ring (bicyclic) bond motifs is 1. The van der Waals surface area contributed by atoms with Gasteiger partial charge >= 0.3 is 0 Å². The molecule has 114 valence electrons. The highest BCUT2D eigenvalue weighted by atomic mass is 16.6. The fourth-order valence-corrected chi connectivity index (χ4v) is 3.21. The van der Waals surface area contributed by atoms with Gasteiger partial charge in [-0.1, -0.05) is 38.8 Å². The summed E-state index contributed by atoms with van der Waals surface area (Å²) in [6.07, 6.45) is 2.94. The first kappa shape index (κ1) is 14.2. The van der Waals surface area contributed by atoms with E-state index in [2.05, 4.69) is 19.2 Å². The number of amides is 1. The second kappa shape index (κ2) is 5.96. The molecule has 1 N–H and O–H groups in total. The van der Waals surface area contributed by atoms with Gasteiger partial charge < -0.3 is 14.8 Å². The SMILES string of the molecule is C[C@H]1[C@@H](NC(=O)[C@@H]2COc3ccccc3O2)CCC[C@@H]1C. The Labute approximate surface area is 125 Å². The Kier molecular flexibility index (Phi) is 4.04. The van der Waals surface area contributed by atoms with Gasteiger partial charge in [0.2, 0.25) is 6.10 Å². The van der Waals surface area contributed by atoms with Gasteiger partial charge in [0.15, 0.2) is 11.5 Å². The summed E-state index contributed by atoms with van der Waals surface area (Å²) >= 11 is 0. The predicted octanol–water partition coefficient (Wildman–Crippen LogP) is 2.77. The molecule has 1 aromatic carbocycles. The monoisotopic (exact) mass is 289 g/mol. The first-order valence-corrected chi connectivity index (χ1v) is 7.84. The van der Waals surface area contributed by atoms with Gasteiger partial charge in [0, 0.05) is 6.04 Å². The van der Waals surface area contributed by atoms with E-state index in [0.29, 0.717) is 23.3 Å². The van der Waals surface area contributed by atoms with Gasteiger partial charge in [0.25, 0.3) is 5.91 Å². The topological polar surface area (TPSA) is 47.6 Å². The lowest BCUT2D eigenvalue weighted by Crippen LogP contribution is -2.51. The third-order valence-electron chi connectivity index (χ3n) is 4.84. The van der Waals surface area contributed by atoms with Crippen molar-refractivity contribution >= 4 is 5.91 Å². The third-order valence-corrected chi connectivity index (χ3v) is 4.84. The van der Waals surface area contributed by atoms with Crippen molar-refractivity contribution in [1.82, 2.24) is 5.32 Å². The van der Waals surface area contributed by atoms with Crippen LogP contribution in [0.3, 0.4) is 0 Å². The van der Waals surface area contributed by atoms with E-state index in [1.807, 2.05) is 24.3 Å². The second-order valence-electron chi connectivity index (χ2n) is 6.25. The fourth-order valence-electron chi connectivity index (χ4n) is 3.21. The summed E-state index contributed by atoms with van der Waals surface area (Å²) in [5.41, 5.74) is 0. The Hall–Kier alpha value is -1.71. The summed E-state index contributed by atoms with van der Waals surface area (Å²) < 4.78 is 11.4. The quantitative estimate of drug-likeness (QED) is 0.910. The minimum absolute atomic E-state index is 0.0598. The van der Waals surface area contributed by atoms with E-state index < -0.39 is 6.10 Å². The first-order valence-electron chi connectivity index (χ1n) is 7.84. The molecule has 1 amide bonds. The summed E-state index contributed by atoms with van der Waals surface area (Å²) in [5.74, 6) is 2.47. The summed E-state index contributed by atoms with van der Waals surface area (Å²) in [6.45, 7) is 4.77. The maximum Gasteiger partial charge on any atom is 0.264 e. The van der Waals surface area contributed by atoms with Crippen molar-refractivity contribution in [3.8, 4) is 11.5 Å². The highest BCUT2D eigenvalue weighted by Gasteiger charge is 2.32. The molecule has 0 spiro atoms. The van der Waals surface area contributed by atoms with Crippen molar-refractivity contribution < 1.29 is 14.3 Å². The lowest BCUT2D eigenvalue weighted by Gasteiger charge is -2.35. The molecule has 3 rings (SSSR count). The van der Waals surface area contributed by atoms with Crippen LogP contribution in [-0.2, 0) is 4.79 Å². The van der Waals surface area contributed by atoms with Gasteiger partial charge in [0.1, 0.15) is 6.61 Å². The van der Waals surface area contributed by atoms with Crippen LogP contribution < -0.4 is 14.8 Å². The molecule has 0 saturated heterocycles. The highest BCUT2D eigenvalue weighted by Crippen LogP contribution is 2.32. The number of para-hydroxylation sites is 2. The third kappa shape index (κ3) is 2.99. The van der Waals surface area contributed by atoms with Crippen LogP contribution in [0, 0.1) is 11.8 Å². The molecule has 0 radical (unpaired) electrons. The maximum absolute atomic E-state index is 12.4. The average Bonchev–Trinajstić information content (AvgIpc) is 2.51. The fraction of sp³-hybridized carbons (Fsp3) is 0.588. The number of carbonyl (C=O) groups excluding carboxylic acids is 1. The molecule has 0 aromatic heterocycles. The van der Waals surface area contributed by atoms with Crippen molar-refractivity contribution in [3.05, 3.63) is 24.3 Å². The van der Waals surface area contributed by atoms with Crippen molar-refractivity contribution in [3.63, 3.8) is 0 Å². The summed E-state index contributed by atoms with van der Waals surface area (Å²) in [7, 11) is 0. The minimum Gasteiger partial charge on any atom is -0.485 e. The number of carbonyl (C=O) groups is 1. The summed E-state index contributed by atoms with van der Waals surface area (Å²) in [6, 6.07) is 7.72. The van der Waals surface area contributed by atoms with Crippen LogP contribution in [0.2, 0.25) is 0 Å². The van der Waals surface area contributed by atoms with E-state index in [9.17, 15) is 4.79 Å². The smallest absolute Gasteiger partial charge is 0.264 e. The van der Waals surface area contributed by atoms with Crippen LogP contribution >= 0.6 is 0 Å². The molecule has 1 fully saturated rings. The molecule has 4 heteroatoms. The van der Waals surface area contributed by atoms with E-state index in [-0.39, 0.29) is 18.6 Å². The lowest BCUT2D eigenvalue weighted by atomic mass is 9.78. The number of hydrogen-bond acceptors (Lipinski definition) is 3. The Morgan fingerprint density at radius 2 is 1.95 bits per heavy atom. The highest BCUT2D eigenvalue weighted by molar-refractivity contribution is 5.82. The van der Waals surface area contributed by atoms with Crippen LogP contribution in [0.4, 0.5) is 0 Å². The molecule has 0 unspecified atom stereocenters. The number of rotatable bonds is 2. The van der Waals surface area contributed by atoms with E-state index in [1.54, 1.807) is 0 Å². The second-order valence-corrected chi connectivity index (χ2v) is 6.25. The van der Waals surface area contributed by atoms with Crippen LogP contribution in [0.25, 0.3) is 0 Å². The van der Waals surface area contributed by atoms with Crippen molar-refractivity contribution in [2.75, 3.05) is 6.61 Å². The molecule has 0 bridgehead atoms. The molecule has 1 saturated carbocycles. The molecule has 1 heterocycles. The van der Waals surface area contributed by atoms with Crippen LogP contribution in [-0.4, -0.2) is 24.7 Å². The Bertz CT molecular complexity index is 517. The normalized spacial score (nSPS) is 31.5. The van der Waals surface area contributed by atoms with Crippen LogP contribution in [0.5, 0.6) is 11.5 Å². The average molecular weight is 289 g/mol. The molecule has 4 nitrogen and oxygen atoms in total. The Balaban J connectivity index is 1.62. The van der Waals surface area contributed by atoms with E-state index >= 15 is 0 Å². The van der Waals surface area contributed by atoms with Gasteiger partial charge in [-0.25, -0.2) is 0 Å². The van der Waals surface area contributed by atoms with Gasteiger partial charge in [-0.3, -0.25) is 4.79 Å². The Morgan fingerprint density at radius 3 is 2.76 bits per heavy atom. The number of hydrogen-bond donors (Lipinski definition) is 1. The predicted molar refractivity (Wildman–Crippen MR) is 80.5 cm³/mol. The van der Waals surface area contributed by atoms with E-state index in [1.165, 1.54) is 12.8 Å². The van der Waals surface area contributed by atoms with Gasteiger partial charge in [-0.05, 0) is 30.4 Å². The first-order chi connectivity index (χ1) is 10.1. The molecule has 1 aliphatic carbocycles. The van der Waals surface area contributed by atoms with Crippen molar-refractivity contribution in [1.29, 1.82) is 0 Å². The zero-order valence-corrected chi connectivity index (χ0v) is 12.7.